The van der Waals surface area contributed by atoms with Crippen LogP contribution in [0.3, 0.4) is 0 Å². The smallest absolute Gasteiger partial charge is 0.119 e. The lowest BCUT2D eigenvalue weighted by Crippen LogP contribution is -2.15. The Labute approximate surface area is 82.9 Å². The molecule has 1 aromatic rings. The molecule has 1 rings (SSSR count). The van der Waals surface area contributed by atoms with E-state index in [0.717, 1.165) is 23.5 Å². The summed E-state index contributed by atoms with van der Waals surface area (Å²) in [6.07, 6.45) is 1.97. The van der Waals surface area contributed by atoms with Crippen LogP contribution in [0.5, 0.6) is 0 Å². The Bertz CT molecular complexity index is 248. The van der Waals surface area contributed by atoms with Crippen molar-refractivity contribution in [2.75, 3.05) is 7.11 Å². The van der Waals surface area contributed by atoms with Crippen LogP contribution in [0.4, 0.5) is 0 Å². The maximum atomic E-state index is 5.66. The van der Waals surface area contributed by atoms with Crippen molar-refractivity contribution >= 4 is 11.3 Å². The SMILES string of the molecule is COCc1nc(CCC(C)N)cs1. The van der Waals surface area contributed by atoms with Crippen molar-refractivity contribution in [1.29, 1.82) is 0 Å². The van der Waals surface area contributed by atoms with Crippen LogP contribution in [-0.4, -0.2) is 18.1 Å². The molecule has 1 unspecified atom stereocenters. The number of thiazole rings is 1. The highest BCUT2D eigenvalue weighted by Gasteiger charge is 2.02. The first kappa shape index (κ1) is 10.6. The number of aromatic nitrogens is 1. The number of hydrogen-bond donors (Lipinski definition) is 1. The van der Waals surface area contributed by atoms with Crippen molar-refractivity contribution in [3.8, 4) is 0 Å². The minimum Gasteiger partial charge on any atom is -0.378 e. The van der Waals surface area contributed by atoms with Crippen LogP contribution in [0, 0.1) is 0 Å². The zero-order valence-electron chi connectivity index (χ0n) is 8.12. The van der Waals surface area contributed by atoms with Gasteiger partial charge in [-0.15, -0.1) is 11.3 Å². The van der Waals surface area contributed by atoms with Crippen LogP contribution < -0.4 is 5.73 Å². The second-order valence-electron chi connectivity index (χ2n) is 3.18. The first-order valence-electron chi connectivity index (χ1n) is 4.40. The Morgan fingerprint density at radius 3 is 3.08 bits per heavy atom. The number of ether oxygens (including phenoxy) is 1. The molecule has 0 aromatic carbocycles. The van der Waals surface area contributed by atoms with Gasteiger partial charge in [0.25, 0.3) is 0 Å². The lowest BCUT2D eigenvalue weighted by atomic mass is 10.2. The van der Waals surface area contributed by atoms with E-state index in [1.807, 2.05) is 6.92 Å². The zero-order chi connectivity index (χ0) is 9.68. The number of methoxy groups -OCH3 is 1. The van der Waals surface area contributed by atoms with Gasteiger partial charge in [0, 0.05) is 18.5 Å². The van der Waals surface area contributed by atoms with Crippen molar-refractivity contribution in [3.63, 3.8) is 0 Å². The van der Waals surface area contributed by atoms with Gasteiger partial charge in [0.05, 0.1) is 12.3 Å². The fourth-order valence-electron chi connectivity index (χ4n) is 1.03. The first-order chi connectivity index (χ1) is 6.22. The fraction of sp³-hybridized carbons (Fsp3) is 0.667. The van der Waals surface area contributed by atoms with Crippen LogP contribution in [0.2, 0.25) is 0 Å². The molecular weight excluding hydrogens is 184 g/mol. The van der Waals surface area contributed by atoms with Gasteiger partial charge in [-0.05, 0) is 19.8 Å². The van der Waals surface area contributed by atoms with Crippen molar-refractivity contribution in [1.82, 2.24) is 4.98 Å². The highest BCUT2D eigenvalue weighted by atomic mass is 32.1. The number of aryl methyl sites for hydroxylation is 1. The van der Waals surface area contributed by atoms with Gasteiger partial charge < -0.3 is 10.5 Å². The summed E-state index contributed by atoms with van der Waals surface area (Å²) < 4.78 is 4.99. The van der Waals surface area contributed by atoms with Gasteiger partial charge in [-0.2, -0.15) is 0 Å². The predicted molar refractivity (Wildman–Crippen MR) is 54.8 cm³/mol. The first-order valence-corrected chi connectivity index (χ1v) is 5.28. The summed E-state index contributed by atoms with van der Waals surface area (Å²) in [5, 5.41) is 3.12. The highest BCUT2D eigenvalue weighted by Crippen LogP contribution is 2.12. The van der Waals surface area contributed by atoms with Crippen molar-refractivity contribution in [2.24, 2.45) is 5.73 Å². The molecule has 0 radical (unpaired) electrons. The third-order valence-corrected chi connectivity index (χ3v) is 2.59. The van der Waals surface area contributed by atoms with E-state index >= 15 is 0 Å². The average Bonchev–Trinajstić information content (AvgIpc) is 2.50. The van der Waals surface area contributed by atoms with E-state index in [-0.39, 0.29) is 6.04 Å². The van der Waals surface area contributed by atoms with Gasteiger partial charge in [0.15, 0.2) is 0 Å². The van der Waals surface area contributed by atoms with Crippen molar-refractivity contribution in [3.05, 3.63) is 16.1 Å². The minimum absolute atomic E-state index is 0.257. The molecule has 1 atom stereocenters. The molecule has 0 saturated heterocycles. The molecule has 13 heavy (non-hydrogen) atoms. The number of nitrogens with two attached hydrogens (primary N) is 1. The Hall–Kier alpha value is -0.450. The number of hydrogen-bond acceptors (Lipinski definition) is 4. The maximum absolute atomic E-state index is 5.66. The molecule has 0 bridgehead atoms. The molecule has 0 aliphatic carbocycles. The van der Waals surface area contributed by atoms with Crippen LogP contribution in [-0.2, 0) is 17.8 Å². The number of rotatable bonds is 5. The predicted octanol–water partition coefficient (Wildman–Crippen LogP) is 1.57. The van der Waals surface area contributed by atoms with Gasteiger partial charge >= 0.3 is 0 Å². The van der Waals surface area contributed by atoms with E-state index in [0.29, 0.717) is 6.61 Å². The van der Waals surface area contributed by atoms with Gasteiger partial charge in [-0.1, -0.05) is 0 Å². The highest BCUT2D eigenvalue weighted by molar-refractivity contribution is 7.09. The lowest BCUT2D eigenvalue weighted by Gasteiger charge is -2.00. The Kier molecular flexibility index (Phi) is 4.35. The minimum atomic E-state index is 0.257. The molecular formula is C9H16N2OS. The fourth-order valence-corrected chi connectivity index (χ4v) is 1.83. The molecule has 4 heteroatoms. The molecule has 0 aliphatic heterocycles. The molecule has 0 saturated carbocycles. The van der Waals surface area contributed by atoms with Gasteiger partial charge in [-0.3, -0.25) is 0 Å². The Morgan fingerprint density at radius 2 is 2.46 bits per heavy atom. The normalized spacial score (nSPS) is 13.2. The molecule has 0 aliphatic rings. The van der Waals surface area contributed by atoms with E-state index < -0.39 is 0 Å². The van der Waals surface area contributed by atoms with Crippen LogP contribution in [0.25, 0.3) is 0 Å². The molecule has 3 nitrogen and oxygen atoms in total. The molecule has 2 N–H and O–H groups in total. The third kappa shape index (κ3) is 3.85. The Balaban J connectivity index is 2.39. The molecule has 0 amide bonds. The summed E-state index contributed by atoms with van der Waals surface area (Å²) in [4.78, 5) is 4.41. The van der Waals surface area contributed by atoms with Gasteiger partial charge in [0.2, 0.25) is 0 Å². The molecule has 74 valence electrons. The van der Waals surface area contributed by atoms with E-state index in [4.69, 9.17) is 10.5 Å². The molecule has 0 fully saturated rings. The van der Waals surface area contributed by atoms with E-state index in [9.17, 15) is 0 Å². The van der Waals surface area contributed by atoms with Crippen LogP contribution in [0.15, 0.2) is 5.38 Å². The summed E-state index contributed by atoms with van der Waals surface area (Å²) in [6.45, 7) is 2.63. The molecule has 1 heterocycles. The number of nitrogens with zero attached hydrogens (tertiary/aromatic N) is 1. The summed E-state index contributed by atoms with van der Waals surface area (Å²) in [6, 6.07) is 0.257. The van der Waals surface area contributed by atoms with E-state index in [2.05, 4.69) is 10.4 Å². The van der Waals surface area contributed by atoms with E-state index in [1.165, 1.54) is 0 Å². The largest absolute Gasteiger partial charge is 0.378 e. The lowest BCUT2D eigenvalue weighted by molar-refractivity contribution is 0.184. The zero-order valence-corrected chi connectivity index (χ0v) is 8.93. The van der Waals surface area contributed by atoms with Crippen molar-refractivity contribution < 1.29 is 4.74 Å². The van der Waals surface area contributed by atoms with Crippen molar-refractivity contribution in [2.45, 2.75) is 32.4 Å². The van der Waals surface area contributed by atoms with Gasteiger partial charge in [0.1, 0.15) is 5.01 Å². The maximum Gasteiger partial charge on any atom is 0.119 e. The monoisotopic (exact) mass is 200 g/mol. The molecule has 0 spiro atoms. The quantitative estimate of drug-likeness (QED) is 0.785. The van der Waals surface area contributed by atoms with Gasteiger partial charge in [-0.25, -0.2) is 4.98 Å². The van der Waals surface area contributed by atoms with E-state index in [1.54, 1.807) is 18.4 Å². The average molecular weight is 200 g/mol. The summed E-state index contributed by atoms with van der Waals surface area (Å²) >= 11 is 1.65. The standard InChI is InChI=1S/C9H16N2OS/c1-7(10)3-4-8-6-13-9(11-8)5-12-2/h6-7H,3-5,10H2,1-2H3. The second-order valence-corrected chi connectivity index (χ2v) is 4.12. The second kappa shape index (κ2) is 5.32. The van der Waals surface area contributed by atoms with Crippen LogP contribution in [0.1, 0.15) is 24.0 Å². The Morgan fingerprint density at radius 1 is 1.69 bits per heavy atom. The molecule has 1 aromatic heterocycles. The summed E-state index contributed by atoms with van der Waals surface area (Å²) in [5.41, 5.74) is 6.79. The summed E-state index contributed by atoms with van der Waals surface area (Å²) in [5.74, 6) is 0. The topological polar surface area (TPSA) is 48.1 Å². The van der Waals surface area contributed by atoms with Crippen LogP contribution >= 0.6 is 11.3 Å². The summed E-state index contributed by atoms with van der Waals surface area (Å²) in [7, 11) is 1.68. The third-order valence-electron chi connectivity index (χ3n) is 1.72.